The van der Waals surface area contributed by atoms with Gasteiger partial charge in [0, 0.05) is 38.1 Å². The van der Waals surface area contributed by atoms with Gasteiger partial charge in [-0.3, -0.25) is 4.90 Å². The Labute approximate surface area is 132 Å². The van der Waals surface area contributed by atoms with E-state index in [-0.39, 0.29) is 0 Å². The number of benzene rings is 1. The molecule has 1 N–H and O–H groups in total. The van der Waals surface area contributed by atoms with Gasteiger partial charge in [-0.15, -0.1) is 0 Å². The molecular formula is C18H24N4. The maximum Gasteiger partial charge on any atom is 0.222 e. The predicted molar refractivity (Wildman–Crippen MR) is 89.7 cm³/mol. The second kappa shape index (κ2) is 6.88. The fraction of sp³-hybridized carbons (Fsp3) is 0.444. The molecule has 0 saturated carbocycles. The van der Waals surface area contributed by atoms with Crippen molar-refractivity contribution >= 4 is 5.95 Å². The number of hydrogen-bond donors (Lipinski definition) is 1. The van der Waals surface area contributed by atoms with Crippen molar-refractivity contribution in [3.63, 3.8) is 0 Å². The SMILES string of the molecule is Cc1cnc(NCC2CC(C)N(Cc3ccccc3)C2)nc1. The van der Waals surface area contributed by atoms with Crippen LogP contribution in [0.25, 0.3) is 0 Å². The Morgan fingerprint density at radius 2 is 1.91 bits per heavy atom. The summed E-state index contributed by atoms with van der Waals surface area (Å²) in [6, 6.07) is 11.3. The van der Waals surface area contributed by atoms with E-state index >= 15 is 0 Å². The first-order chi connectivity index (χ1) is 10.7. The lowest BCUT2D eigenvalue weighted by atomic mass is 10.1. The van der Waals surface area contributed by atoms with E-state index in [0.717, 1.165) is 31.1 Å². The number of likely N-dealkylation sites (tertiary alicyclic amines) is 1. The zero-order valence-electron chi connectivity index (χ0n) is 13.4. The Kier molecular flexibility index (Phi) is 4.68. The van der Waals surface area contributed by atoms with E-state index in [0.29, 0.717) is 12.0 Å². The van der Waals surface area contributed by atoms with Crippen LogP contribution in [0.3, 0.4) is 0 Å². The Hall–Kier alpha value is -1.94. The van der Waals surface area contributed by atoms with Crippen molar-refractivity contribution in [2.75, 3.05) is 18.4 Å². The average molecular weight is 296 g/mol. The summed E-state index contributed by atoms with van der Waals surface area (Å²) in [5, 5.41) is 3.37. The van der Waals surface area contributed by atoms with E-state index in [1.807, 2.05) is 19.3 Å². The van der Waals surface area contributed by atoms with E-state index < -0.39 is 0 Å². The molecule has 22 heavy (non-hydrogen) atoms. The normalized spacial score (nSPS) is 21.9. The Balaban J connectivity index is 1.51. The number of aryl methyl sites for hydroxylation is 1. The highest BCUT2D eigenvalue weighted by molar-refractivity contribution is 5.24. The monoisotopic (exact) mass is 296 g/mol. The quantitative estimate of drug-likeness (QED) is 0.920. The summed E-state index contributed by atoms with van der Waals surface area (Å²) in [5.41, 5.74) is 2.49. The van der Waals surface area contributed by atoms with Crippen LogP contribution in [0.5, 0.6) is 0 Å². The lowest BCUT2D eigenvalue weighted by molar-refractivity contribution is 0.256. The number of nitrogens with one attached hydrogen (secondary N) is 1. The summed E-state index contributed by atoms with van der Waals surface area (Å²) in [4.78, 5) is 11.2. The summed E-state index contributed by atoms with van der Waals surface area (Å²) in [7, 11) is 0. The van der Waals surface area contributed by atoms with Crippen LogP contribution >= 0.6 is 0 Å². The molecule has 116 valence electrons. The average Bonchev–Trinajstić information content (AvgIpc) is 2.88. The van der Waals surface area contributed by atoms with E-state index in [1.165, 1.54) is 12.0 Å². The molecule has 4 nitrogen and oxygen atoms in total. The van der Waals surface area contributed by atoms with Crippen LogP contribution in [0.15, 0.2) is 42.7 Å². The fourth-order valence-corrected chi connectivity index (χ4v) is 3.12. The summed E-state index contributed by atoms with van der Waals surface area (Å²) < 4.78 is 0. The molecule has 2 heterocycles. The van der Waals surface area contributed by atoms with Crippen molar-refractivity contribution in [3.8, 4) is 0 Å². The molecule has 1 aliphatic heterocycles. The highest BCUT2D eigenvalue weighted by Gasteiger charge is 2.28. The largest absolute Gasteiger partial charge is 0.354 e. The lowest BCUT2D eigenvalue weighted by Gasteiger charge is -2.21. The third-order valence-electron chi connectivity index (χ3n) is 4.35. The first-order valence-electron chi connectivity index (χ1n) is 8.01. The molecule has 1 aromatic heterocycles. The molecule has 3 rings (SSSR count). The summed E-state index contributed by atoms with van der Waals surface area (Å²) >= 11 is 0. The number of rotatable bonds is 5. The first kappa shape index (κ1) is 15.0. The molecule has 2 aromatic rings. The van der Waals surface area contributed by atoms with Crippen LogP contribution in [-0.2, 0) is 6.54 Å². The van der Waals surface area contributed by atoms with E-state index in [1.54, 1.807) is 0 Å². The standard InChI is InChI=1S/C18H24N4/c1-14-9-19-18(20-10-14)21-11-17-8-15(2)22(13-17)12-16-6-4-3-5-7-16/h3-7,9-10,15,17H,8,11-13H2,1-2H3,(H,19,20,21). The van der Waals surface area contributed by atoms with Crippen molar-refractivity contribution in [1.82, 2.24) is 14.9 Å². The molecule has 0 spiro atoms. The second-order valence-corrected chi connectivity index (χ2v) is 6.33. The lowest BCUT2D eigenvalue weighted by Crippen LogP contribution is -2.27. The van der Waals surface area contributed by atoms with Gasteiger partial charge < -0.3 is 5.32 Å². The Morgan fingerprint density at radius 1 is 1.18 bits per heavy atom. The van der Waals surface area contributed by atoms with Crippen LogP contribution in [-0.4, -0.2) is 34.0 Å². The minimum absolute atomic E-state index is 0.631. The third kappa shape index (κ3) is 3.83. The van der Waals surface area contributed by atoms with Crippen molar-refractivity contribution in [2.45, 2.75) is 32.9 Å². The molecular weight excluding hydrogens is 272 g/mol. The van der Waals surface area contributed by atoms with Gasteiger partial charge in [-0.05, 0) is 37.3 Å². The van der Waals surface area contributed by atoms with Crippen LogP contribution in [0.4, 0.5) is 5.95 Å². The molecule has 4 heteroatoms. The third-order valence-corrected chi connectivity index (χ3v) is 4.35. The van der Waals surface area contributed by atoms with Crippen molar-refractivity contribution < 1.29 is 0 Å². The highest BCUT2D eigenvalue weighted by Crippen LogP contribution is 2.25. The fourth-order valence-electron chi connectivity index (χ4n) is 3.12. The molecule has 1 aliphatic rings. The van der Waals surface area contributed by atoms with Crippen molar-refractivity contribution in [3.05, 3.63) is 53.9 Å². The van der Waals surface area contributed by atoms with E-state index in [4.69, 9.17) is 0 Å². The minimum atomic E-state index is 0.631. The van der Waals surface area contributed by atoms with Crippen LogP contribution in [0, 0.1) is 12.8 Å². The molecule has 0 amide bonds. The predicted octanol–water partition coefficient (Wildman–Crippen LogP) is 3.11. The molecule has 0 bridgehead atoms. The zero-order chi connectivity index (χ0) is 15.4. The van der Waals surface area contributed by atoms with Gasteiger partial charge in [0.15, 0.2) is 0 Å². The number of nitrogens with zero attached hydrogens (tertiary/aromatic N) is 3. The summed E-state index contributed by atoms with van der Waals surface area (Å²) in [6.45, 7) is 7.45. The van der Waals surface area contributed by atoms with Gasteiger partial charge in [0.25, 0.3) is 0 Å². The van der Waals surface area contributed by atoms with Crippen LogP contribution in [0.1, 0.15) is 24.5 Å². The van der Waals surface area contributed by atoms with Gasteiger partial charge in [-0.25, -0.2) is 9.97 Å². The van der Waals surface area contributed by atoms with Crippen LogP contribution in [0.2, 0.25) is 0 Å². The van der Waals surface area contributed by atoms with Crippen molar-refractivity contribution in [1.29, 1.82) is 0 Å². The van der Waals surface area contributed by atoms with Gasteiger partial charge in [0.1, 0.15) is 0 Å². The smallest absolute Gasteiger partial charge is 0.222 e. The zero-order valence-corrected chi connectivity index (χ0v) is 13.4. The minimum Gasteiger partial charge on any atom is -0.354 e. The molecule has 1 fully saturated rings. The van der Waals surface area contributed by atoms with Crippen molar-refractivity contribution in [2.24, 2.45) is 5.92 Å². The molecule has 0 aliphatic carbocycles. The highest BCUT2D eigenvalue weighted by atomic mass is 15.2. The van der Waals surface area contributed by atoms with Gasteiger partial charge in [0.05, 0.1) is 0 Å². The van der Waals surface area contributed by atoms with E-state index in [2.05, 4.69) is 57.4 Å². The maximum atomic E-state index is 4.31. The van der Waals surface area contributed by atoms with Gasteiger partial charge in [-0.2, -0.15) is 0 Å². The molecule has 2 unspecified atom stereocenters. The number of hydrogen-bond acceptors (Lipinski definition) is 4. The Morgan fingerprint density at radius 3 is 2.64 bits per heavy atom. The Bertz CT molecular complexity index is 582. The van der Waals surface area contributed by atoms with Gasteiger partial charge in [-0.1, -0.05) is 30.3 Å². The molecule has 1 saturated heterocycles. The molecule has 2 atom stereocenters. The van der Waals surface area contributed by atoms with Gasteiger partial charge in [0.2, 0.25) is 5.95 Å². The molecule has 1 aromatic carbocycles. The first-order valence-corrected chi connectivity index (χ1v) is 8.01. The topological polar surface area (TPSA) is 41.1 Å². The number of anilines is 1. The van der Waals surface area contributed by atoms with Crippen LogP contribution < -0.4 is 5.32 Å². The second-order valence-electron chi connectivity index (χ2n) is 6.33. The van der Waals surface area contributed by atoms with Gasteiger partial charge >= 0.3 is 0 Å². The van der Waals surface area contributed by atoms with E-state index in [9.17, 15) is 0 Å². The number of aromatic nitrogens is 2. The summed E-state index contributed by atoms with van der Waals surface area (Å²) in [6.07, 6.45) is 4.94. The summed E-state index contributed by atoms with van der Waals surface area (Å²) in [5.74, 6) is 1.39. The maximum absolute atomic E-state index is 4.31. The molecule has 0 radical (unpaired) electrons.